The van der Waals surface area contributed by atoms with Gasteiger partial charge >= 0.3 is 0 Å². The summed E-state index contributed by atoms with van der Waals surface area (Å²) in [6.07, 6.45) is 13.0. The standard InChI is InChI=1S/C15H32N.FH/c1-3-5-6-7-8-9-13-16(12-4-2)14-10-11-15-16;/h3-15H2,1-2H3;1H/q+1;/p-1. The van der Waals surface area contributed by atoms with Crippen molar-refractivity contribution in [2.45, 2.75) is 71.6 Å². The van der Waals surface area contributed by atoms with E-state index < -0.39 is 0 Å². The van der Waals surface area contributed by atoms with Crippen LogP contribution >= 0.6 is 0 Å². The highest BCUT2D eigenvalue weighted by molar-refractivity contribution is 4.55. The summed E-state index contributed by atoms with van der Waals surface area (Å²) in [6, 6.07) is 0. The number of unbranched alkanes of at least 4 members (excludes halogenated alkanes) is 5. The molecule has 0 bridgehead atoms. The molecule has 0 aromatic rings. The van der Waals surface area contributed by atoms with Crippen molar-refractivity contribution < 1.29 is 9.19 Å². The van der Waals surface area contributed by atoms with Crippen molar-refractivity contribution in [2.24, 2.45) is 0 Å². The second-order valence-corrected chi connectivity index (χ2v) is 5.71. The van der Waals surface area contributed by atoms with E-state index >= 15 is 0 Å². The highest BCUT2D eigenvalue weighted by atomic mass is 19.0. The highest BCUT2D eigenvalue weighted by Crippen LogP contribution is 2.21. The number of hydrogen-bond acceptors (Lipinski definition) is 0. The van der Waals surface area contributed by atoms with Crippen LogP contribution in [0.25, 0.3) is 0 Å². The van der Waals surface area contributed by atoms with Crippen molar-refractivity contribution in [3.05, 3.63) is 0 Å². The topological polar surface area (TPSA) is 0 Å². The molecule has 1 aliphatic heterocycles. The molecule has 0 atom stereocenters. The van der Waals surface area contributed by atoms with Crippen LogP contribution < -0.4 is 4.70 Å². The van der Waals surface area contributed by atoms with Crippen LogP contribution in [0.2, 0.25) is 0 Å². The van der Waals surface area contributed by atoms with Crippen LogP contribution in [0.5, 0.6) is 0 Å². The summed E-state index contributed by atoms with van der Waals surface area (Å²) in [7, 11) is 0. The van der Waals surface area contributed by atoms with E-state index in [0.29, 0.717) is 0 Å². The first-order valence-electron chi connectivity index (χ1n) is 7.68. The van der Waals surface area contributed by atoms with E-state index in [1.165, 1.54) is 88.4 Å². The zero-order valence-corrected chi connectivity index (χ0v) is 12.0. The van der Waals surface area contributed by atoms with Gasteiger partial charge in [-0.15, -0.1) is 0 Å². The fourth-order valence-electron chi connectivity index (χ4n) is 3.27. The normalized spacial score (nSPS) is 18.0. The van der Waals surface area contributed by atoms with Crippen molar-refractivity contribution in [3.8, 4) is 0 Å². The third-order valence-electron chi connectivity index (χ3n) is 4.20. The van der Waals surface area contributed by atoms with E-state index in [-0.39, 0.29) is 4.70 Å². The van der Waals surface area contributed by atoms with E-state index in [2.05, 4.69) is 13.8 Å². The predicted octanol–water partition coefficient (Wildman–Crippen LogP) is 1.37. The first kappa shape index (κ1) is 16.9. The van der Waals surface area contributed by atoms with E-state index in [4.69, 9.17) is 0 Å². The smallest absolute Gasteiger partial charge is 0.0788 e. The average molecular weight is 245 g/mol. The molecule has 1 rings (SSSR count). The summed E-state index contributed by atoms with van der Waals surface area (Å²) in [5, 5.41) is 0. The molecule has 2 heteroatoms. The molecule has 0 N–H and O–H groups in total. The van der Waals surface area contributed by atoms with Gasteiger partial charge in [0.2, 0.25) is 0 Å². The van der Waals surface area contributed by atoms with E-state index in [1.54, 1.807) is 0 Å². The van der Waals surface area contributed by atoms with E-state index in [0.717, 1.165) is 0 Å². The lowest BCUT2D eigenvalue weighted by molar-refractivity contribution is -0.917. The summed E-state index contributed by atoms with van der Waals surface area (Å²) in [6.45, 7) is 10.5. The van der Waals surface area contributed by atoms with Crippen LogP contribution in [0.1, 0.15) is 71.6 Å². The van der Waals surface area contributed by atoms with Gasteiger partial charge in [0.25, 0.3) is 0 Å². The summed E-state index contributed by atoms with van der Waals surface area (Å²) in [5.74, 6) is 0. The minimum absolute atomic E-state index is 0. The molecule has 1 fully saturated rings. The van der Waals surface area contributed by atoms with Crippen LogP contribution in [-0.4, -0.2) is 30.7 Å². The number of quaternary nitrogens is 1. The Morgan fingerprint density at radius 2 is 1.29 bits per heavy atom. The van der Waals surface area contributed by atoms with Crippen molar-refractivity contribution in [1.82, 2.24) is 0 Å². The number of rotatable bonds is 9. The third kappa shape index (κ3) is 6.40. The van der Waals surface area contributed by atoms with Gasteiger partial charge in [0, 0.05) is 12.8 Å². The average Bonchev–Trinajstić information content (AvgIpc) is 2.73. The van der Waals surface area contributed by atoms with Crippen LogP contribution in [-0.2, 0) is 0 Å². The quantitative estimate of drug-likeness (QED) is 0.425. The van der Waals surface area contributed by atoms with Crippen molar-refractivity contribution in [2.75, 3.05) is 26.2 Å². The molecule has 0 unspecified atom stereocenters. The molecular weight excluding hydrogens is 213 g/mol. The monoisotopic (exact) mass is 245 g/mol. The molecule has 0 radical (unpaired) electrons. The molecule has 1 aliphatic rings. The molecule has 0 aromatic heterocycles. The molecule has 0 aromatic carbocycles. The Labute approximate surface area is 108 Å². The Morgan fingerprint density at radius 1 is 0.706 bits per heavy atom. The molecule has 0 spiro atoms. The number of nitrogens with zero attached hydrogens (tertiary/aromatic N) is 1. The maximum absolute atomic E-state index is 2.35. The zero-order chi connectivity index (χ0) is 11.7. The fraction of sp³-hybridized carbons (Fsp3) is 1.00. The summed E-state index contributed by atoms with van der Waals surface area (Å²) >= 11 is 0. The lowest BCUT2D eigenvalue weighted by Gasteiger charge is -2.34. The summed E-state index contributed by atoms with van der Waals surface area (Å²) in [4.78, 5) is 0. The maximum Gasteiger partial charge on any atom is 0.0788 e. The molecule has 1 nitrogen and oxygen atoms in total. The van der Waals surface area contributed by atoms with Crippen molar-refractivity contribution >= 4 is 0 Å². The number of hydrogen-bond donors (Lipinski definition) is 0. The summed E-state index contributed by atoms with van der Waals surface area (Å²) < 4.78 is 1.46. The molecule has 0 aliphatic carbocycles. The highest BCUT2D eigenvalue weighted by Gasteiger charge is 2.29. The summed E-state index contributed by atoms with van der Waals surface area (Å²) in [5.41, 5.74) is 0. The molecule has 1 heterocycles. The molecule has 17 heavy (non-hydrogen) atoms. The molecule has 104 valence electrons. The third-order valence-corrected chi connectivity index (χ3v) is 4.20. The Hall–Kier alpha value is -0.110. The lowest BCUT2D eigenvalue weighted by atomic mass is 10.1. The molecule has 0 amide bonds. The second-order valence-electron chi connectivity index (χ2n) is 5.71. The molecule has 1 saturated heterocycles. The van der Waals surface area contributed by atoms with E-state index in [1.807, 2.05) is 0 Å². The molecular formula is C15H32FN. The largest absolute Gasteiger partial charge is 1.00 e. The van der Waals surface area contributed by atoms with Crippen LogP contribution in [0.3, 0.4) is 0 Å². The Kier molecular flexibility index (Phi) is 9.81. The van der Waals surface area contributed by atoms with Gasteiger partial charge in [0.05, 0.1) is 26.2 Å². The SMILES string of the molecule is CCCCCCCC[N+]1(CCC)CCCC1.[F-]. The van der Waals surface area contributed by atoms with Gasteiger partial charge in [0.15, 0.2) is 0 Å². The molecule has 0 saturated carbocycles. The zero-order valence-electron chi connectivity index (χ0n) is 12.0. The Morgan fingerprint density at radius 3 is 1.88 bits per heavy atom. The fourth-order valence-corrected chi connectivity index (χ4v) is 3.27. The minimum Gasteiger partial charge on any atom is -1.00 e. The lowest BCUT2D eigenvalue weighted by Crippen LogP contribution is -3.00. The van der Waals surface area contributed by atoms with Gasteiger partial charge < -0.3 is 9.19 Å². The Bertz CT molecular complexity index is 164. The number of halogens is 1. The maximum atomic E-state index is 2.35. The number of likely N-dealkylation sites (tertiary alicyclic amines) is 1. The van der Waals surface area contributed by atoms with Crippen molar-refractivity contribution in [3.63, 3.8) is 0 Å². The van der Waals surface area contributed by atoms with Crippen molar-refractivity contribution in [1.29, 1.82) is 0 Å². The van der Waals surface area contributed by atoms with Gasteiger partial charge in [-0.25, -0.2) is 0 Å². The van der Waals surface area contributed by atoms with E-state index in [9.17, 15) is 0 Å². The van der Waals surface area contributed by atoms with Crippen LogP contribution in [0, 0.1) is 0 Å². The predicted molar refractivity (Wildman–Crippen MR) is 72.6 cm³/mol. The Balaban J connectivity index is 0.00000256. The van der Waals surface area contributed by atoms with Gasteiger partial charge in [-0.05, 0) is 19.3 Å². The van der Waals surface area contributed by atoms with Gasteiger partial charge in [-0.1, -0.05) is 39.5 Å². The van der Waals surface area contributed by atoms with Crippen LogP contribution in [0.15, 0.2) is 0 Å². The van der Waals surface area contributed by atoms with Gasteiger partial charge in [-0.3, -0.25) is 0 Å². The van der Waals surface area contributed by atoms with Crippen LogP contribution in [0.4, 0.5) is 0 Å². The first-order chi connectivity index (χ1) is 7.83. The second kappa shape index (κ2) is 9.87. The first-order valence-corrected chi connectivity index (χ1v) is 7.68. The van der Waals surface area contributed by atoms with Gasteiger partial charge in [-0.2, -0.15) is 0 Å². The van der Waals surface area contributed by atoms with Gasteiger partial charge in [0.1, 0.15) is 0 Å². The minimum atomic E-state index is 0.